The Balaban J connectivity index is 1.05. The second kappa shape index (κ2) is 10.4. The van der Waals surface area contributed by atoms with Crippen molar-refractivity contribution in [1.29, 1.82) is 0 Å². The van der Waals surface area contributed by atoms with E-state index in [1.54, 1.807) is 0 Å². The summed E-state index contributed by atoms with van der Waals surface area (Å²) in [5.41, 5.74) is 7.78. The number of aromatic nitrogens is 4. The van der Waals surface area contributed by atoms with Gasteiger partial charge in [0.2, 0.25) is 5.95 Å². The standard InChI is InChI=1S/C46H28N4/c1-3-13-34-32(11-1)33-12-2-4-14-35(33)40-26-45-41(25-39(34)40)38-17-7-10-20-44(38)50(45)46-47-27-30(28-48-46)29-21-23-31(24-22-29)49-42-18-8-5-15-36(42)37-16-6-9-19-43(37)49/h1-28H. The third-order valence-corrected chi connectivity index (χ3v) is 10.4. The predicted molar refractivity (Wildman–Crippen MR) is 209 cm³/mol. The Morgan fingerprint density at radius 2 is 0.720 bits per heavy atom. The lowest BCUT2D eigenvalue weighted by Crippen LogP contribution is -2.01. The minimum absolute atomic E-state index is 0.659. The summed E-state index contributed by atoms with van der Waals surface area (Å²) in [6.45, 7) is 0. The summed E-state index contributed by atoms with van der Waals surface area (Å²) in [6, 6.07) is 56.7. The molecule has 8 aromatic carbocycles. The van der Waals surface area contributed by atoms with Crippen LogP contribution >= 0.6 is 0 Å². The van der Waals surface area contributed by atoms with Gasteiger partial charge in [-0.05, 0) is 80.3 Å². The first kappa shape index (κ1) is 27.2. The second-order valence-electron chi connectivity index (χ2n) is 13.0. The summed E-state index contributed by atoms with van der Waals surface area (Å²) >= 11 is 0. The van der Waals surface area contributed by atoms with Crippen molar-refractivity contribution in [2.75, 3.05) is 0 Å². The third kappa shape index (κ3) is 3.81. The molecule has 0 bridgehead atoms. The van der Waals surface area contributed by atoms with Gasteiger partial charge in [-0.1, -0.05) is 115 Å². The molecule has 4 nitrogen and oxygen atoms in total. The summed E-state index contributed by atoms with van der Waals surface area (Å²) < 4.78 is 4.55. The van der Waals surface area contributed by atoms with E-state index in [2.05, 4.69) is 167 Å². The molecule has 0 aliphatic heterocycles. The molecular weight excluding hydrogens is 609 g/mol. The number of rotatable bonds is 3. The zero-order valence-corrected chi connectivity index (χ0v) is 27.0. The monoisotopic (exact) mass is 636 g/mol. The molecule has 0 aliphatic carbocycles. The fourth-order valence-corrected chi connectivity index (χ4v) is 8.17. The van der Waals surface area contributed by atoms with Crippen LogP contribution in [0.25, 0.3) is 98.7 Å². The van der Waals surface area contributed by atoms with Gasteiger partial charge in [0, 0.05) is 45.2 Å². The first-order valence-electron chi connectivity index (χ1n) is 17.0. The van der Waals surface area contributed by atoms with Gasteiger partial charge in [0.25, 0.3) is 0 Å². The number of fused-ring (bicyclic) bond motifs is 12. The molecule has 50 heavy (non-hydrogen) atoms. The molecule has 0 aliphatic rings. The second-order valence-corrected chi connectivity index (χ2v) is 13.0. The average molecular weight is 637 g/mol. The Morgan fingerprint density at radius 1 is 0.300 bits per heavy atom. The van der Waals surface area contributed by atoms with Crippen molar-refractivity contribution in [3.8, 4) is 22.8 Å². The molecule has 232 valence electrons. The third-order valence-electron chi connectivity index (χ3n) is 10.4. The highest BCUT2D eigenvalue weighted by atomic mass is 15.1. The minimum atomic E-state index is 0.659. The number of hydrogen-bond donors (Lipinski definition) is 0. The highest BCUT2D eigenvalue weighted by molar-refractivity contribution is 6.28. The summed E-state index contributed by atoms with van der Waals surface area (Å²) in [5.74, 6) is 0.659. The smallest absolute Gasteiger partial charge is 0.234 e. The first-order valence-corrected chi connectivity index (χ1v) is 17.0. The Morgan fingerprint density at radius 3 is 1.26 bits per heavy atom. The summed E-state index contributed by atoms with van der Waals surface area (Å²) in [5, 5.41) is 12.5. The molecule has 3 aromatic heterocycles. The van der Waals surface area contributed by atoms with Gasteiger partial charge in [-0.2, -0.15) is 0 Å². The molecule has 3 heterocycles. The minimum Gasteiger partial charge on any atom is -0.309 e. The van der Waals surface area contributed by atoms with Gasteiger partial charge >= 0.3 is 0 Å². The zero-order valence-electron chi connectivity index (χ0n) is 27.0. The number of para-hydroxylation sites is 3. The molecular formula is C46H28N4. The van der Waals surface area contributed by atoms with Crippen molar-refractivity contribution >= 4 is 75.9 Å². The molecule has 0 radical (unpaired) electrons. The van der Waals surface area contributed by atoms with Gasteiger partial charge in [-0.25, -0.2) is 9.97 Å². The predicted octanol–water partition coefficient (Wildman–Crippen LogP) is 11.8. The van der Waals surface area contributed by atoms with Gasteiger partial charge in [0.15, 0.2) is 0 Å². The molecule has 0 saturated heterocycles. The SMILES string of the molecule is c1ccc2c(c1)c1ccccc1c1cc3c(cc21)c1ccccc1n3-c1ncc(-c2ccc(-n3c4ccccc4c4ccccc43)cc2)cn1. The van der Waals surface area contributed by atoms with E-state index in [-0.39, 0.29) is 0 Å². The highest BCUT2D eigenvalue weighted by Gasteiger charge is 2.18. The van der Waals surface area contributed by atoms with Crippen molar-refractivity contribution in [3.63, 3.8) is 0 Å². The van der Waals surface area contributed by atoms with Crippen molar-refractivity contribution in [2.24, 2.45) is 0 Å². The largest absolute Gasteiger partial charge is 0.309 e. The Kier molecular flexibility index (Phi) is 5.63. The van der Waals surface area contributed by atoms with Crippen LogP contribution in [0.1, 0.15) is 0 Å². The van der Waals surface area contributed by atoms with Crippen LogP contribution in [0.2, 0.25) is 0 Å². The van der Waals surface area contributed by atoms with Gasteiger partial charge < -0.3 is 4.57 Å². The lowest BCUT2D eigenvalue weighted by molar-refractivity contribution is 0.990. The van der Waals surface area contributed by atoms with Gasteiger partial charge in [0.05, 0.1) is 22.1 Å². The molecule has 0 saturated carbocycles. The number of nitrogens with zero attached hydrogens (tertiary/aromatic N) is 4. The normalized spacial score (nSPS) is 12.0. The van der Waals surface area contributed by atoms with E-state index < -0.39 is 0 Å². The maximum absolute atomic E-state index is 4.99. The molecule has 11 rings (SSSR count). The molecule has 0 spiro atoms. The fraction of sp³-hybridized carbons (Fsp3) is 0. The van der Waals surface area contributed by atoms with Gasteiger partial charge in [-0.15, -0.1) is 0 Å². The topological polar surface area (TPSA) is 35.6 Å². The molecule has 0 unspecified atom stereocenters. The zero-order chi connectivity index (χ0) is 32.8. The molecule has 0 atom stereocenters. The fourth-order valence-electron chi connectivity index (χ4n) is 8.17. The van der Waals surface area contributed by atoms with Crippen molar-refractivity contribution in [1.82, 2.24) is 19.1 Å². The lowest BCUT2D eigenvalue weighted by atomic mass is 9.93. The Bertz CT molecular complexity index is 3080. The van der Waals surface area contributed by atoms with E-state index in [0.29, 0.717) is 5.95 Å². The lowest BCUT2D eigenvalue weighted by Gasteiger charge is -2.12. The van der Waals surface area contributed by atoms with Crippen LogP contribution in [0.3, 0.4) is 0 Å². The maximum atomic E-state index is 4.99. The van der Waals surface area contributed by atoms with E-state index >= 15 is 0 Å². The average Bonchev–Trinajstić information content (AvgIpc) is 3.70. The van der Waals surface area contributed by atoms with Crippen LogP contribution in [-0.4, -0.2) is 19.1 Å². The van der Waals surface area contributed by atoms with E-state index in [0.717, 1.165) is 27.8 Å². The van der Waals surface area contributed by atoms with E-state index in [9.17, 15) is 0 Å². The van der Waals surface area contributed by atoms with E-state index in [1.807, 2.05) is 12.4 Å². The van der Waals surface area contributed by atoms with Gasteiger partial charge in [0.1, 0.15) is 0 Å². The summed E-state index contributed by atoms with van der Waals surface area (Å²) in [4.78, 5) is 9.98. The quantitative estimate of drug-likeness (QED) is 0.181. The Hall–Kier alpha value is -6.78. The Labute approximate surface area is 287 Å². The van der Waals surface area contributed by atoms with Gasteiger partial charge in [-0.3, -0.25) is 4.57 Å². The van der Waals surface area contributed by atoms with Crippen LogP contribution in [-0.2, 0) is 0 Å². The van der Waals surface area contributed by atoms with Crippen molar-refractivity contribution in [3.05, 3.63) is 170 Å². The molecule has 11 aromatic rings. The van der Waals surface area contributed by atoms with Crippen molar-refractivity contribution in [2.45, 2.75) is 0 Å². The summed E-state index contributed by atoms with van der Waals surface area (Å²) in [7, 11) is 0. The van der Waals surface area contributed by atoms with Crippen LogP contribution < -0.4 is 0 Å². The van der Waals surface area contributed by atoms with E-state index in [4.69, 9.17) is 9.97 Å². The number of hydrogen-bond acceptors (Lipinski definition) is 2. The summed E-state index contributed by atoms with van der Waals surface area (Å²) in [6.07, 6.45) is 3.89. The molecule has 0 N–H and O–H groups in total. The molecule has 0 amide bonds. The van der Waals surface area contributed by atoms with Crippen LogP contribution in [0.15, 0.2) is 170 Å². The van der Waals surface area contributed by atoms with Crippen LogP contribution in [0.5, 0.6) is 0 Å². The molecule has 0 fully saturated rings. The first-order chi connectivity index (χ1) is 24.8. The highest BCUT2D eigenvalue weighted by Crippen LogP contribution is 2.40. The van der Waals surface area contributed by atoms with Crippen LogP contribution in [0.4, 0.5) is 0 Å². The maximum Gasteiger partial charge on any atom is 0.234 e. The van der Waals surface area contributed by atoms with Crippen molar-refractivity contribution < 1.29 is 0 Å². The van der Waals surface area contributed by atoms with E-state index in [1.165, 1.54) is 64.9 Å². The molecule has 4 heteroatoms. The van der Waals surface area contributed by atoms with Crippen LogP contribution in [0, 0.1) is 0 Å². The number of benzene rings is 8.